The first-order valence-corrected chi connectivity index (χ1v) is 8.84. The normalized spacial score (nSPS) is 13.8. The highest BCUT2D eigenvalue weighted by molar-refractivity contribution is 6.36. The topological polar surface area (TPSA) is 87.7 Å². The van der Waals surface area contributed by atoms with Gasteiger partial charge in [0.15, 0.2) is 0 Å². The van der Waals surface area contributed by atoms with Crippen molar-refractivity contribution in [3.63, 3.8) is 0 Å². The molecule has 2 aromatic rings. The van der Waals surface area contributed by atoms with E-state index in [0.717, 1.165) is 0 Å². The van der Waals surface area contributed by atoms with Crippen LogP contribution < -0.4 is 15.4 Å². The zero-order chi connectivity index (χ0) is 20.3. The molecule has 0 bridgehead atoms. The molecule has 0 fully saturated rings. The van der Waals surface area contributed by atoms with Crippen molar-refractivity contribution in [2.75, 3.05) is 24.3 Å². The van der Waals surface area contributed by atoms with Crippen molar-refractivity contribution in [3.05, 3.63) is 59.8 Å². The lowest BCUT2D eigenvalue weighted by Gasteiger charge is -2.12. The summed E-state index contributed by atoms with van der Waals surface area (Å²) in [5, 5.41) is 5.75. The molecule has 3 rings (SSSR count). The molecule has 0 aliphatic carbocycles. The van der Waals surface area contributed by atoms with Crippen molar-refractivity contribution in [1.82, 2.24) is 4.90 Å². The Morgan fingerprint density at radius 2 is 1.57 bits per heavy atom. The van der Waals surface area contributed by atoms with Gasteiger partial charge < -0.3 is 15.4 Å². The lowest BCUT2D eigenvalue weighted by molar-refractivity contribution is -0.136. The molecule has 0 unspecified atom stereocenters. The number of imide groups is 1. The zero-order valence-electron chi connectivity index (χ0n) is 15.9. The fourth-order valence-corrected chi connectivity index (χ4v) is 2.99. The average Bonchev–Trinajstić information content (AvgIpc) is 2.92. The molecule has 1 heterocycles. The monoisotopic (exact) mass is 379 g/mol. The summed E-state index contributed by atoms with van der Waals surface area (Å²) in [5.41, 5.74) is 2.46. The third-order valence-electron chi connectivity index (χ3n) is 4.34. The Balaban J connectivity index is 1.97. The number of carbonyl (C=O) groups is 3. The molecule has 0 atom stereocenters. The maximum atomic E-state index is 12.8. The fraction of sp³-hybridized carbons (Fsp3) is 0.190. The van der Waals surface area contributed by atoms with E-state index >= 15 is 0 Å². The van der Waals surface area contributed by atoms with Gasteiger partial charge in [-0.1, -0.05) is 12.1 Å². The number of rotatable bonds is 6. The molecule has 1 aliphatic rings. The van der Waals surface area contributed by atoms with Gasteiger partial charge >= 0.3 is 0 Å². The standard InChI is InChI=1S/C21H21N3O4/c1-4-24-20(26)18(14-5-11-17(28-3)12-6-14)19(21(24)27)23-16-9-7-15(8-10-16)22-13(2)25/h5-12,23H,4H2,1-3H3,(H,22,25). The largest absolute Gasteiger partial charge is 0.497 e. The van der Waals surface area contributed by atoms with Crippen LogP contribution in [0.5, 0.6) is 5.75 Å². The van der Waals surface area contributed by atoms with Crippen molar-refractivity contribution >= 4 is 34.7 Å². The van der Waals surface area contributed by atoms with Crippen LogP contribution in [0.1, 0.15) is 19.4 Å². The van der Waals surface area contributed by atoms with Crippen LogP contribution in [0.3, 0.4) is 0 Å². The molecular weight excluding hydrogens is 358 g/mol. The first-order chi connectivity index (χ1) is 13.4. The van der Waals surface area contributed by atoms with E-state index in [9.17, 15) is 14.4 Å². The molecule has 0 saturated carbocycles. The number of ether oxygens (including phenoxy) is 1. The minimum Gasteiger partial charge on any atom is -0.497 e. The van der Waals surface area contributed by atoms with Gasteiger partial charge in [-0.05, 0) is 48.9 Å². The van der Waals surface area contributed by atoms with Crippen LogP contribution >= 0.6 is 0 Å². The second kappa shape index (κ2) is 7.96. The summed E-state index contributed by atoms with van der Waals surface area (Å²) >= 11 is 0. The Kier molecular flexibility index (Phi) is 5.44. The van der Waals surface area contributed by atoms with Crippen LogP contribution in [0.25, 0.3) is 5.57 Å². The van der Waals surface area contributed by atoms with E-state index in [1.54, 1.807) is 62.6 Å². The number of nitrogens with one attached hydrogen (secondary N) is 2. The van der Waals surface area contributed by atoms with Gasteiger partial charge in [0, 0.05) is 24.8 Å². The van der Waals surface area contributed by atoms with Crippen molar-refractivity contribution in [3.8, 4) is 5.75 Å². The van der Waals surface area contributed by atoms with E-state index in [0.29, 0.717) is 28.3 Å². The third kappa shape index (κ3) is 3.73. The fourth-order valence-electron chi connectivity index (χ4n) is 2.99. The molecule has 1 aliphatic heterocycles. The summed E-state index contributed by atoms with van der Waals surface area (Å²) in [5.74, 6) is -0.212. The van der Waals surface area contributed by atoms with Crippen molar-refractivity contribution in [2.24, 2.45) is 0 Å². The lowest BCUT2D eigenvalue weighted by Crippen LogP contribution is -2.32. The van der Waals surface area contributed by atoms with Crippen LogP contribution in [-0.4, -0.2) is 36.3 Å². The van der Waals surface area contributed by atoms with Crippen molar-refractivity contribution < 1.29 is 19.1 Å². The van der Waals surface area contributed by atoms with Crippen LogP contribution in [0, 0.1) is 0 Å². The molecule has 0 aromatic heterocycles. The SMILES string of the molecule is CCN1C(=O)C(Nc2ccc(NC(C)=O)cc2)=C(c2ccc(OC)cc2)C1=O. The molecule has 3 amide bonds. The maximum absolute atomic E-state index is 12.8. The number of amides is 3. The van der Waals surface area contributed by atoms with E-state index in [1.165, 1.54) is 11.8 Å². The quantitative estimate of drug-likeness (QED) is 0.754. The van der Waals surface area contributed by atoms with Gasteiger partial charge in [0.25, 0.3) is 11.8 Å². The van der Waals surface area contributed by atoms with E-state index in [1.807, 2.05) is 0 Å². The molecule has 2 N–H and O–H groups in total. The summed E-state index contributed by atoms with van der Waals surface area (Å²) in [6.07, 6.45) is 0. The minimum atomic E-state index is -0.371. The molecule has 2 aromatic carbocycles. The summed E-state index contributed by atoms with van der Waals surface area (Å²) in [6, 6.07) is 13.9. The number of likely N-dealkylation sites (N-methyl/N-ethyl adjacent to an activating group) is 1. The number of hydrogen-bond acceptors (Lipinski definition) is 5. The van der Waals surface area contributed by atoms with Crippen molar-refractivity contribution in [1.29, 1.82) is 0 Å². The number of anilines is 2. The molecule has 0 spiro atoms. The van der Waals surface area contributed by atoms with Crippen molar-refractivity contribution in [2.45, 2.75) is 13.8 Å². The predicted octanol–water partition coefficient (Wildman–Crippen LogP) is 2.87. The molecule has 7 nitrogen and oxygen atoms in total. The van der Waals surface area contributed by atoms with Gasteiger partial charge in [-0.25, -0.2) is 0 Å². The highest BCUT2D eigenvalue weighted by atomic mass is 16.5. The van der Waals surface area contributed by atoms with Gasteiger partial charge in [-0.3, -0.25) is 19.3 Å². The molecule has 144 valence electrons. The molecule has 0 saturated heterocycles. The Bertz CT molecular complexity index is 947. The zero-order valence-corrected chi connectivity index (χ0v) is 15.9. The number of carbonyl (C=O) groups excluding carboxylic acids is 3. The Hall–Kier alpha value is -3.61. The summed E-state index contributed by atoms with van der Waals surface area (Å²) < 4.78 is 5.16. The second-order valence-electron chi connectivity index (χ2n) is 6.22. The van der Waals surface area contributed by atoms with E-state index < -0.39 is 0 Å². The average molecular weight is 379 g/mol. The predicted molar refractivity (Wildman–Crippen MR) is 107 cm³/mol. The Morgan fingerprint density at radius 1 is 0.964 bits per heavy atom. The molecular formula is C21H21N3O4. The Morgan fingerprint density at radius 3 is 2.11 bits per heavy atom. The molecule has 0 radical (unpaired) electrons. The third-order valence-corrected chi connectivity index (χ3v) is 4.34. The number of benzene rings is 2. The van der Waals surface area contributed by atoms with Crippen LogP contribution in [0.15, 0.2) is 54.2 Å². The number of methoxy groups -OCH3 is 1. The molecule has 28 heavy (non-hydrogen) atoms. The highest BCUT2D eigenvalue weighted by Gasteiger charge is 2.38. The number of hydrogen-bond donors (Lipinski definition) is 2. The summed E-state index contributed by atoms with van der Waals surface area (Å²) in [7, 11) is 1.56. The van der Waals surface area contributed by atoms with E-state index in [-0.39, 0.29) is 30.0 Å². The molecule has 7 heteroatoms. The van der Waals surface area contributed by atoms with E-state index in [4.69, 9.17) is 4.74 Å². The second-order valence-corrected chi connectivity index (χ2v) is 6.22. The minimum absolute atomic E-state index is 0.166. The van der Waals surface area contributed by atoms with Crippen LogP contribution in [-0.2, 0) is 14.4 Å². The van der Waals surface area contributed by atoms with Crippen LogP contribution in [0.4, 0.5) is 11.4 Å². The van der Waals surface area contributed by atoms with Gasteiger partial charge in [0.05, 0.1) is 12.7 Å². The first-order valence-electron chi connectivity index (χ1n) is 8.84. The van der Waals surface area contributed by atoms with Gasteiger partial charge in [0.1, 0.15) is 11.4 Å². The first kappa shape index (κ1) is 19.2. The number of nitrogens with zero attached hydrogens (tertiary/aromatic N) is 1. The smallest absolute Gasteiger partial charge is 0.278 e. The lowest BCUT2D eigenvalue weighted by atomic mass is 10.0. The van der Waals surface area contributed by atoms with Gasteiger partial charge in [-0.15, -0.1) is 0 Å². The maximum Gasteiger partial charge on any atom is 0.278 e. The van der Waals surface area contributed by atoms with Gasteiger partial charge in [0.2, 0.25) is 5.91 Å². The van der Waals surface area contributed by atoms with E-state index in [2.05, 4.69) is 10.6 Å². The van der Waals surface area contributed by atoms with Crippen LogP contribution in [0.2, 0.25) is 0 Å². The Labute approximate surface area is 163 Å². The highest BCUT2D eigenvalue weighted by Crippen LogP contribution is 2.31. The summed E-state index contributed by atoms with van der Waals surface area (Å²) in [6.45, 7) is 3.47. The summed E-state index contributed by atoms with van der Waals surface area (Å²) in [4.78, 5) is 37.9. The van der Waals surface area contributed by atoms with Gasteiger partial charge in [-0.2, -0.15) is 0 Å².